The van der Waals surface area contributed by atoms with Crippen LogP contribution in [0.4, 0.5) is 0 Å². The largest absolute Gasteiger partial charge is 0.428 e. The molecule has 0 saturated heterocycles. The molecule has 44 heavy (non-hydrogen) atoms. The molecular weight excluding hydrogens is 572 g/mol. The molecule has 0 aromatic carbocycles. The summed E-state index contributed by atoms with van der Waals surface area (Å²) >= 11 is 0. The highest BCUT2D eigenvalue weighted by molar-refractivity contribution is 4.83. The fourth-order valence-electron chi connectivity index (χ4n) is 2.22. The van der Waals surface area contributed by atoms with Crippen molar-refractivity contribution in [1.29, 1.82) is 0 Å². The lowest BCUT2D eigenvalue weighted by molar-refractivity contribution is 0.389. The highest BCUT2D eigenvalue weighted by Gasteiger charge is 2.30. The molecule has 0 atom stereocenters. The molecular formula is C26H42N14O4. The number of rotatable bonds is 0. The van der Waals surface area contributed by atoms with Gasteiger partial charge in [-0.15, -0.1) is 20.4 Å². The average molecular weight is 615 g/mol. The Morgan fingerprint density at radius 1 is 0.659 bits per heavy atom. The number of aromatic nitrogens is 14. The summed E-state index contributed by atoms with van der Waals surface area (Å²) in [6.45, 7) is 20.8. The molecule has 1 aliphatic rings. The van der Waals surface area contributed by atoms with Gasteiger partial charge < -0.3 is 17.9 Å². The van der Waals surface area contributed by atoms with E-state index in [1.165, 1.54) is 32.0 Å². The molecule has 1 fully saturated rings. The van der Waals surface area contributed by atoms with Crippen LogP contribution in [0.1, 0.15) is 79.4 Å². The molecule has 0 spiro atoms. The van der Waals surface area contributed by atoms with Crippen LogP contribution in [-0.2, 0) is 0 Å². The SMILES string of the molecule is CC1(C)CC1.Cc1n[nH]c(C)n1.Cc1ncn[nH]1.Cc1ncon1.Cc1nnc(C)o1.Cc1nnco1.Cc1noc(C)n1. The molecule has 0 unspecified atom stereocenters. The van der Waals surface area contributed by atoms with E-state index in [1.807, 2.05) is 20.8 Å². The van der Waals surface area contributed by atoms with Crippen molar-refractivity contribution in [3.05, 3.63) is 71.8 Å². The van der Waals surface area contributed by atoms with Gasteiger partial charge in [-0.05, 0) is 52.9 Å². The van der Waals surface area contributed by atoms with Crippen LogP contribution < -0.4 is 0 Å². The normalized spacial score (nSPS) is 11.5. The molecule has 18 heteroatoms. The number of aromatic amines is 2. The second kappa shape index (κ2) is 19.9. The van der Waals surface area contributed by atoms with Crippen molar-refractivity contribution in [3.8, 4) is 0 Å². The van der Waals surface area contributed by atoms with Crippen LogP contribution in [0.3, 0.4) is 0 Å². The summed E-state index contributed by atoms with van der Waals surface area (Å²) in [7, 11) is 0. The molecule has 2 N–H and O–H groups in total. The van der Waals surface area contributed by atoms with Gasteiger partial charge in [0, 0.05) is 27.7 Å². The smallest absolute Gasteiger partial charge is 0.223 e. The quantitative estimate of drug-likeness (QED) is 0.240. The minimum atomic E-state index is 0.606. The summed E-state index contributed by atoms with van der Waals surface area (Å²) < 4.78 is 18.4. The Morgan fingerprint density at radius 2 is 1.32 bits per heavy atom. The lowest BCUT2D eigenvalue weighted by Crippen LogP contribution is -1.75. The second-order valence-corrected chi connectivity index (χ2v) is 9.84. The molecule has 240 valence electrons. The first-order valence-electron chi connectivity index (χ1n) is 13.4. The molecule has 1 saturated carbocycles. The van der Waals surface area contributed by atoms with E-state index in [4.69, 9.17) is 4.42 Å². The Labute approximate surface area is 255 Å². The van der Waals surface area contributed by atoms with Crippen molar-refractivity contribution in [2.75, 3.05) is 0 Å². The molecule has 0 aliphatic heterocycles. The summed E-state index contributed by atoms with van der Waals surface area (Å²) in [5.41, 5.74) is 0.750. The molecule has 6 heterocycles. The van der Waals surface area contributed by atoms with Crippen LogP contribution in [0.25, 0.3) is 0 Å². The zero-order valence-electron chi connectivity index (χ0n) is 27.1. The van der Waals surface area contributed by atoms with E-state index in [2.05, 4.69) is 98.3 Å². The predicted molar refractivity (Wildman–Crippen MR) is 156 cm³/mol. The first-order chi connectivity index (χ1) is 20.8. The molecule has 18 nitrogen and oxygen atoms in total. The van der Waals surface area contributed by atoms with Gasteiger partial charge in [0.25, 0.3) is 0 Å². The molecule has 0 bridgehead atoms. The van der Waals surface area contributed by atoms with Crippen LogP contribution in [0, 0.1) is 67.7 Å². The third kappa shape index (κ3) is 20.7. The van der Waals surface area contributed by atoms with E-state index in [0.29, 0.717) is 35.2 Å². The van der Waals surface area contributed by atoms with Crippen molar-refractivity contribution < 1.29 is 17.9 Å². The zero-order valence-corrected chi connectivity index (χ0v) is 27.1. The van der Waals surface area contributed by atoms with Crippen molar-refractivity contribution in [2.24, 2.45) is 5.41 Å². The topological polar surface area (TPSA) is 239 Å². The van der Waals surface area contributed by atoms with E-state index in [1.54, 1.807) is 41.5 Å². The van der Waals surface area contributed by atoms with Crippen LogP contribution in [0.2, 0.25) is 0 Å². The summed E-state index contributed by atoms with van der Waals surface area (Å²) in [6, 6.07) is 0. The van der Waals surface area contributed by atoms with Crippen molar-refractivity contribution in [1.82, 2.24) is 71.0 Å². The van der Waals surface area contributed by atoms with Crippen LogP contribution in [0.5, 0.6) is 0 Å². The number of nitrogens with zero attached hydrogens (tertiary/aromatic N) is 12. The second-order valence-electron chi connectivity index (χ2n) is 9.84. The van der Waals surface area contributed by atoms with E-state index in [-0.39, 0.29) is 0 Å². The average Bonchev–Trinajstić information content (AvgIpc) is 3.71. The summed E-state index contributed by atoms with van der Waals surface area (Å²) in [5.74, 6) is 6.38. The third-order valence-corrected chi connectivity index (χ3v) is 4.69. The van der Waals surface area contributed by atoms with E-state index >= 15 is 0 Å². The van der Waals surface area contributed by atoms with Crippen LogP contribution in [0.15, 0.2) is 37.0 Å². The Kier molecular flexibility index (Phi) is 16.6. The van der Waals surface area contributed by atoms with E-state index < -0.39 is 0 Å². The molecule has 1 aliphatic carbocycles. The van der Waals surface area contributed by atoms with Gasteiger partial charge in [-0.1, -0.05) is 24.2 Å². The van der Waals surface area contributed by atoms with Gasteiger partial charge in [0.2, 0.25) is 36.4 Å². The van der Waals surface area contributed by atoms with Gasteiger partial charge in [0.15, 0.2) is 11.6 Å². The lowest BCUT2D eigenvalue weighted by atomic mass is 10.2. The number of nitrogens with one attached hydrogen (secondary N) is 2. The first-order valence-corrected chi connectivity index (χ1v) is 13.4. The fraction of sp³-hybridized carbons (Fsp3) is 0.538. The first kappa shape index (κ1) is 36.9. The summed E-state index contributed by atoms with van der Waals surface area (Å²) in [5, 5.41) is 33.8. The highest BCUT2D eigenvalue weighted by Crippen LogP contribution is 2.43. The van der Waals surface area contributed by atoms with E-state index in [9.17, 15) is 0 Å². The third-order valence-electron chi connectivity index (χ3n) is 4.69. The van der Waals surface area contributed by atoms with Crippen LogP contribution in [-0.4, -0.2) is 71.0 Å². The van der Waals surface area contributed by atoms with Crippen molar-refractivity contribution in [3.63, 3.8) is 0 Å². The maximum atomic E-state index is 4.86. The molecule has 6 aromatic rings. The number of aryl methyl sites for hydroxylation is 9. The van der Waals surface area contributed by atoms with Crippen LogP contribution >= 0.6 is 0 Å². The lowest BCUT2D eigenvalue weighted by Gasteiger charge is -1.86. The molecule has 0 amide bonds. The maximum Gasteiger partial charge on any atom is 0.223 e. The molecule has 0 radical (unpaired) electrons. The van der Waals surface area contributed by atoms with Gasteiger partial charge in [-0.3, -0.25) is 10.2 Å². The van der Waals surface area contributed by atoms with E-state index in [0.717, 1.165) is 22.9 Å². The van der Waals surface area contributed by atoms with Gasteiger partial charge in [0.05, 0.1) is 0 Å². The minimum absolute atomic E-state index is 0.606. The van der Waals surface area contributed by atoms with Gasteiger partial charge in [-0.2, -0.15) is 20.2 Å². The monoisotopic (exact) mass is 614 g/mol. The molecule has 6 aromatic heterocycles. The standard InChI is InChI=1S/C5H10.C4H7N3.2C4H6N2O.C3H5N3.2C3H4N2O/c1-5(2)3-4-5;1-3-5-4(2)7-6-3;1-3-5-6-4(2)7-3;1-3-5-4(2)7-6-3;1-3-4-2-5-6-3;1-3-5-4-2-6-3;1-3-4-2-6-5-3/h3-4H2,1-2H3;1-2H3,(H,5,6,7);2*1-2H3;2H,1H3,(H,4,5,6);2*2H,1H3. The predicted octanol–water partition coefficient (Wildman–Crippen LogP) is 4.47. The number of H-pyrrole nitrogens is 2. The Balaban J connectivity index is 0.000000257. The number of hydrogen-bond acceptors (Lipinski definition) is 16. The maximum absolute atomic E-state index is 4.86. The summed E-state index contributed by atoms with van der Waals surface area (Å²) in [4.78, 5) is 15.2. The van der Waals surface area contributed by atoms with Gasteiger partial charge >= 0.3 is 0 Å². The zero-order chi connectivity index (χ0) is 33.0. The highest BCUT2D eigenvalue weighted by atomic mass is 16.5. The Morgan fingerprint density at radius 3 is 1.45 bits per heavy atom. The summed E-state index contributed by atoms with van der Waals surface area (Å²) in [6.07, 6.45) is 6.99. The molecule has 7 rings (SSSR count). The Hall–Kier alpha value is -5.16. The van der Waals surface area contributed by atoms with Crippen molar-refractivity contribution in [2.45, 2.75) is 89.0 Å². The fourth-order valence-corrected chi connectivity index (χ4v) is 2.22. The number of hydrogen-bond donors (Lipinski definition) is 2. The Bertz CT molecular complexity index is 1260. The minimum Gasteiger partial charge on any atom is -0.428 e. The van der Waals surface area contributed by atoms with Gasteiger partial charge in [0.1, 0.15) is 23.8 Å². The van der Waals surface area contributed by atoms with Crippen molar-refractivity contribution >= 4 is 0 Å². The van der Waals surface area contributed by atoms with Gasteiger partial charge in [-0.25, -0.2) is 9.97 Å².